The number of halogens is 4. The Labute approximate surface area is 175 Å². The van der Waals surface area contributed by atoms with Crippen molar-refractivity contribution in [2.45, 2.75) is 19.0 Å². The van der Waals surface area contributed by atoms with Gasteiger partial charge in [0, 0.05) is 18.8 Å². The number of carbonyl (C=O) groups is 2. The number of piperidine rings is 1. The number of hydrogen-bond acceptors (Lipinski definition) is 2. The summed E-state index contributed by atoms with van der Waals surface area (Å²) in [6, 6.07) is 9.25. The molecular formula is C21H18ClF3N2O3. The summed E-state index contributed by atoms with van der Waals surface area (Å²) in [6.07, 6.45) is -1.42. The Morgan fingerprint density at radius 2 is 1.70 bits per heavy atom. The van der Waals surface area contributed by atoms with E-state index in [2.05, 4.69) is 5.32 Å². The van der Waals surface area contributed by atoms with E-state index >= 15 is 0 Å². The van der Waals surface area contributed by atoms with Crippen LogP contribution in [0.15, 0.2) is 48.0 Å². The highest BCUT2D eigenvalue weighted by Crippen LogP contribution is 2.36. The molecule has 1 aliphatic rings. The predicted molar refractivity (Wildman–Crippen MR) is 108 cm³/mol. The molecule has 9 heteroatoms. The summed E-state index contributed by atoms with van der Waals surface area (Å²) >= 11 is 5.59. The third-order valence-electron chi connectivity index (χ3n) is 4.74. The summed E-state index contributed by atoms with van der Waals surface area (Å²) in [5, 5.41) is 11.0. The van der Waals surface area contributed by atoms with E-state index < -0.39 is 28.8 Å². The second kappa shape index (κ2) is 8.79. The molecule has 158 valence electrons. The minimum absolute atomic E-state index is 0.0246. The molecule has 2 aromatic carbocycles. The monoisotopic (exact) mass is 438 g/mol. The zero-order chi connectivity index (χ0) is 21.9. The minimum atomic E-state index is -4.61. The summed E-state index contributed by atoms with van der Waals surface area (Å²) in [5.74, 6) is -0.989. The van der Waals surface area contributed by atoms with E-state index in [0.29, 0.717) is 25.9 Å². The number of amides is 2. The van der Waals surface area contributed by atoms with Crippen molar-refractivity contribution in [1.29, 1.82) is 0 Å². The van der Waals surface area contributed by atoms with Crippen LogP contribution in [0.5, 0.6) is 0 Å². The zero-order valence-electron chi connectivity index (χ0n) is 15.7. The van der Waals surface area contributed by atoms with Crippen molar-refractivity contribution < 1.29 is 27.9 Å². The SMILES string of the molecule is O=C(O)c1ccc(C=C2CCN(C(=O)Nc3ccc(Cl)c(C(F)(F)F)c3)CC2)cc1. The Morgan fingerprint density at radius 3 is 2.27 bits per heavy atom. The van der Waals surface area contributed by atoms with Crippen LogP contribution in [0.1, 0.15) is 34.3 Å². The fraction of sp³-hybridized carbons (Fsp3) is 0.238. The van der Waals surface area contributed by atoms with E-state index in [9.17, 15) is 22.8 Å². The maximum Gasteiger partial charge on any atom is 0.417 e. The molecule has 0 aliphatic carbocycles. The number of hydrogen-bond donors (Lipinski definition) is 2. The van der Waals surface area contributed by atoms with Crippen molar-refractivity contribution >= 4 is 35.4 Å². The van der Waals surface area contributed by atoms with Gasteiger partial charge in [-0.2, -0.15) is 13.2 Å². The second-order valence-corrected chi connectivity index (χ2v) is 7.25. The predicted octanol–water partition coefficient (Wildman–Crippen LogP) is 5.77. The average Bonchev–Trinajstić information content (AvgIpc) is 2.69. The van der Waals surface area contributed by atoms with Crippen LogP contribution >= 0.6 is 11.6 Å². The molecule has 0 bridgehead atoms. The lowest BCUT2D eigenvalue weighted by atomic mass is 10.0. The van der Waals surface area contributed by atoms with Crippen LogP contribution in [0.3, 0.4) is 0 Å². The number of nitrogens with zero attached hydrogens (tertiary/aromatic N) is 1. The standard InChI is InChI=1S/C21H18ClF3N2O3/c22-18-6-5-16(12-17(18)21(23,24)25)26-20(30)27-9-7-14(8-10-27)11-13-1-3-15(4-2-13)19(28)29/h1-6,11-12H,7-10H2,(H,26,30)(H,28,29). The number of likely N-dealkylation sites (tertiary alicyclic amines) is 1. The first kappa shape index (κ1) is 21.7. The van der Waals surface area contributed by atoms with Crippen molar-refractivity contribution in [2.24, 2.45) is 0 Å². The van der Waals surface area contributed by atoms with Crippen LogP contribution in [0.4, 0.5) is 23.7 Å². The van der Waals surface area contributed by atoms with E-state index in [4.69, 9.17) is 16.7 Å². The highest BCUT2D eigenvalue weighted by molar-refractivity contribution is 6.31. The van der Waals surface area contributed by atoms with Gasteiger partial charge in [0.05, 0.1) is 16.1 Å². The van der Waals surface area contributed by atoms with E-state index in [1.165, 1.54) is 23.1 Å². The molecule has 1 aliphatic heterocycles. The molecule has 1 heterocycles. The van der Waals surface area contributed by atoms with Gasteiger partial charge in [0.15, 0.2) is 0 Å². The van der Waals surface area contributed by atoms with Crippen LogP contribution in [0.25, 0.3) is 6.08 Å². The molecule has 2 aromatic rings. The molecule has 2 amide bonds. The first-order chi connectivity index (χ1) is 14.1. The summed E-state index contributed by atoms with van der Waals surface area (Å²) in [5.41, 5.74) is 1.21. The maximum atomic E-state index is 13.0. The molecule has 0 unspecified atom stereocenters. The van der Waals surface area contributed by atoms with Gasteiger partial charge in [0.25, 0.3) is 0 Å². The molecule has 1 fully saturated rings. The van der Waals surface area contributed by atoms with E-state index in [0.717, 1.165) is 23.3 Å². The number of aromatic carboxylic acids is 1. The van der Waals surface area contributed by atoms with Crippen molar-refractivity contribution in [3.63, 3.8) is 0 Å². The largest absolute Gasteiger partial charge is 0.478 e. The third-order valence-corrected chi connectivity index (χ3v) is 5.07. The number of rotatable bonds is 3. The number of alkyl halides is 3. The topological polar surface area (TPSA) is 69.6 Å². The van der Waals surface area contributed by atoms with Crippen LogP contribution in [0, 0.1) is 0 Å². The van der Waals surface area contributed by atoms with Gasteiger partial charge < -0.3 is 15.3 Å². The first-order valence-corrected chi connectivity index (χ1v) is 9.47. The molecule has 0 atom stereocenters. The van der Waals surface area contributed by atoms with Crippen molar-refractivity contribution in [3.05, 3.63) is 69.8 Å². The molecule has 0 saturated carbocycles. The molecule has 5 nitrogen and oxygen atoms in total. The maximum absolute atomic E-state index is 13.0. The number of nitrogens with one attached hydrogen (secondary N) is 1. The summed E-state index contributed by atoms with van der Waals surface area (Å²) < 4.78 is 38.9. The molecule has 1 saturated heterocycles. The fourth-order valence-electron chi connectivity index (χ4n) is 3.12. The first-order valence-electron chi connectivity index (χ1n) is 9.09. The minimum Gasteiger partial charge on any atom is -0.478 e. The number of carbonyl (C=O) groups excluding carboxylic acids is 1. The molecule has 0 spiro atoms. The van der Waals surface area contributed by atoms with Gasteiger partial charge >= 0.3 is 18.2 Å². The van der Waals surface area contributed by atoms with E-state index in [-0.39, 0.29) is 11.3 Å². The van der Waals surface area contributed by atoms with Gasteiger partial charge in [-0.25, -0.2) is 9.59 Å². The molecular weight excluding hydrogens is 421 g/mol. The number of benzene rings is 2. The highest BCUT2D eigenvalue weighted by atomic mass is 35.5. The second-order valence-electron chi connectivity index (χ2n) is 6.84. The highest BCUT2D eigenvalue weighted by Gasteiger charge is 2.33. The molecule has 0 aromatic heterocycles. The van der Waals surface area contributed by atoms with Gasteiger partial charge in [0.1, 0.15) is 0 Å². The number of anilines is 1. The fourth-order valence-corrected chi connectivity index (χ4v) is 3.35. The van der Waals surface area contributed by atoms with Gasteiger partial charge in [-0.05, 0) is 48.7 Å². The normalized spacial score (nSPS) is 14.4. The van der Waals surface area contributed by atoms with E-state index in [1.54, 1.807) is 12.1 Å². The lowest BCUT2D eigenvalue weighted by Gasteiger charge is -2.28. The Morgan fingerprint density at radius 1 is 1.07 bits per heavy atom. The number of carboxylic acids is 1. The van der Waals surface area contributed by atoms with E-state index in [1.807, 2.05) is 6.08 Å². The third kappa shape index (κ3) is 5.33. The lowest BCUT2D eigenvalue weighted by molar-refractivity contribution is -0.137. The van der Waals surface area contributed by atoms with Crippen molar-refractivity contribution in [3.8, 4) is 0 Å². The lowest BCUT2D eigenvalue weighted by Crippen LogP contribution is -2.39. The summed E-state index contributed by atoms with van der Waals surface area (Å²) in [4.78, 5) is 24.8. The van der Waals surface area contributed by atoms with Crippen molar-refractivity contribution in [2.75, 3.05) is 18.4 Å². The molecule has 30 heavy (non-hydrogen) atoms. The van der Waals surface area contributed by atoms with Gasteiger partial charge in [-0.15, -0.1) is 0 Å². The Balaban J connectivity index is 1.60. The quantitative estimate of drug-likeness (QED) is 0.639. The molecule has 0 radical (unpaired) electrons. The van der Waals surface area contributed by atoms with Crippen LogP contribution in [-0.2, 0) is 6.18 Å². The van der Waals surface area contributed by atoms with Crippen LogP contribution in [-0.4, -0.2) is 35.1 Å². The zero-order valence-corrected chi connectivity index (χ0v) is 16.4. The summed E-state index contributed by atoms with van der Waals surface area (Å²) in [7, 11) is 0. The Kier molecular flexibility index (Phi) is 6.36. The van der Waals surface area contributed by atoms with Crippen molar-refractivity contribution in [1.82, 2.24) is 4.90 Å². The molecule has 3 rings (SSSR count). The molecule has 2 N–H and O–H groups in total. The summed E-state index contributed by atoms with van der Waals surface area (Å²) in [6.45, 7) is 0.842. The Bertz CT molecular complexity index is 978. The average molecular weight is 439 g/mol. The van der Waals surface area contributed by atoms with Crippen LogP contribution < -0.4 is 5.32 Å². The Hall–Kier alpha value is -3.00. The van der Waals surface area contributed by atoms with Gasteiger partial charge in [-0.1, -0.05) is 35.4 Å². The smallest absolute Gasteiger partial charge is 0.417 e. The number of urea groups is 1. The van der Waals surface area contributed by atoms with Crippen LogP contribution in [0.2, 0.25) is 5.02 Å². The number of carboxylic acid groups (broad SMARTS) is 1. The van der Waals surface area contributed by atoms with Gasteiger partial charge in [0.2, 0.25) is 0 Å². The van der Waals surface area contributed by atoms with Gasteiger partial charge in [-0.3, -0.25) is 0 Å².